The summed E-state index contributed by atoms with van der Waals surface area (Å²) >= 11 is 0. The molecule has 1 aromatic carbocycles. The van der Waals surface area contributed by atoms with E-state index in [9.17, 15) is 9.18 Å². The maximum atomic E-state index is 12.5. The van der Waals surface area contributed by atoms with Crippen LogP contribution in [0.1, 0.15) is 12.5 Å². The normalized spacial score (nSPS) is 12.2. The molecule has 1 unspecified atom stereocenters. The third kappa shape index (κ3) is 2.81. The number of halogens is 1. The molecule has 3 nitrogen and oxygen atoms in total. The van der Waals surface area contributed by atoms with Crippen LogP contribution in [-0.4, -0.2) is 5.91 Å². The number of carbonyl (C=O) groups excluding carboxylic acids is 1. The quantitative estimate of drug-likeness (QED) is 0.430. The van der Waals surface area contributed by atoms with E-state index in [0.717, 1.165) is 5.56 Å². The van der Waals surface area contributed by atoms with Gasteiger partial charge in [-0.25, -0.2) is 10.2 Å². The van der Waals surface area contributed by atoms with E-state index in [4.69, 9.17) is 5.84 Å². The summed E-state index contributed by atoms with van der Waals surface area (Å²) in [5, 5.41) is 0. The molecule has 1 amide bonds. The number of hydrazine groups is 1. The summed E-state index contributed by atoms with van der Waals surface area (Å²) in [5.74, 6) is 4.30. The van der Waals surface area contributed by atoms with Gasteiger partial charge in [0.25, 0.3) is 0 Å². The molecule has 0 saturated carbocycles. The fraction of sp³-hybridized carbons (Fsp3) is 0.300. The number of benzene rings is 1. The Balaban J connectivity index is 2.60. The molecule has 0 spiro atoms. The molecule has 1 atom stereocenters. The number of carbonyl (C=O) groups is 1. The first-order valence-electron chi connectivity index (χ1n) is 4.38. The van der Waals surface area contributed by atoms with Crippen LogP contribution in [0.15, 0.2) is 24.3 Å². The summed E-state index contributed by atoms with van der Waals surface area (Å²) in [6.07, 6.45) is 0.559. The van der Waals surface area contributed by atoms with Gasteiger partial charge >= 0.3 is 0 Å². The Hall–Kier alpha value is -1.42. The molecule has 0 fully saturated rings. The van der Waals surface area contributed by atoms with Crippen molar-refractivity contribution in [2.75, 3.05) is 0 Å². The van der Waals surface area contributed by atoms with Crippen molar-refractivity contribution >= 4 is 5.91 Å². The lowest BCUT2D eigenvalue weighted by Crippen LogP contribution is -2.35. The number of hydrogen-bond donors (Lipinski definition) is 2. The highest BCUT2D eigenvalue weighted by molar-refractivity contribution is 5.77. The topological polar surface area (TPSA) is 55.1 Å². The van der Waals surface area contributed by atoms with Crippen LogP contribution in [0, 0.1) is 11.7 Å². The van der Waals surface area contributed by atoms with E-state index in [0.29, 0.717) is 6.42 Å². The van der Waals surface area contributed by atoms with E-state index >= 15 is 0 Å². The summed E-state index contributed by atoms with van der Waals surface area (Å²) in [6, 6.07) is 6.08. The summed E-state index contributed by atoms with van der Waals surface area (Å²) < 4.78 is 12.5. The Morgan fingerprint density at radius 1 is 1.50 bits per heavy atom. The Labute approximate surface area is 82.1 Å². The van der Waals surface area contributed by atoms with Crippen LogP contribution >= 0.6 is 0 Å². The van der Waals surface area contributed by atoms with Gasteiger partial charge in [-0.1, -0.05) is 19.1 Å². The monoisotopic (exact) mass is 196 g/mol. The van der Waals surface area contributed by atoms with Gasteiger partial charge in [-0.15, -0.1) is 0 Å². The predicted octanol–water partition coefficient (Wildman–Crippen LogP) is 0.994. The SMILES string of the molecule is CC(Cc1ccc(F)cc1)C(=O)NN. The van der Waals surface area contributed by atoms with Gasteiger partial charge in [-0.05, 0) is 24.1 Å². The van der Waals surface area contributed by atoms with Crippen LogP contribution in [-0.2, 0) is 11.2 Å². The van der Waals surface area contributed by atoms with E-state index < -0.39 is 0 Å². The van der Waals surface area contributed by atoms with Crippen molar-refractivity contribution in [2.24, 2.45) is 11.8 Å². The van der Waals surface area contributed by atoms with Gasteiger partial charge < -0.3 is 0 Å². The largest absolute Gasteiger partial charge is 0.294 e. The number of hydrogen-bond acceptors (Lipinski definition) is 2. The van der Waals surface area contributed by atoms with Gasteiger partial charge in [-0.2, -0.15) is 0 Å². The number of amides is 1. The highest BCUT2D eigenvalue weighted by Crippen LogP contribution is 2.09. The van der Waals surface area contributed by atoms with Crippen molar-refractivity contribution in [3.8, 4) is 0 Å². The van der Waals surface area contributed by atoms with Gasteiger partial charge in [0.05, 0.1) is 0 Å². The van der Waals surface area contributed by atoms with Crippen molar-refractivity contribution < 1.29 is 9.18 Å². The third-order valence-electron chi connectivity index (χ3n) is 2.04. The van der Waals surface area contributed by atoms with Crippen LogP contribution in [0.4, 0.5) is 4.39 Å². The maximum Gasteiger partial charge on any atom is 0.237 e. The average Bonchev–Trinajstić information content (AvgIpc) is 2.20. The number of rotatable bonds is 3. The lowest BCUT2D eigenvalue weighted by Gasteiger charge is -2.09. The van der Waals surface area contributed by atoms with E-state index in [1.54, 1.807) is 19.1 Å². The van der Waals surface area contributed by atoms with E-state index in [1.807, 2.05) is 0 Å². The standard InChI is InChI=1S/C10H13FN2O/c1-7(10(14)13-12)6-8-2-4-9(11)5-3-8/h2-5,7H,6,12H2,1H3,(H,13,14). The summed E-state index contributed by atoms with van der Waals surface area (Å²) in [6.45, 7) is 1.77. The molecular weight excluding hydrogens is 183 g/mol. The molecule has 0 aliphatic carbocycles. The Morgan fingerprint density at radius 3 is 2.57 bits per heavy atom. The molecule has 1 rings (SSSR count). The van der Waals surface area contributed by atoms with Crippen molar-refractivity contribution in [3.63, 3.8) is 0 Å². The molecular formula is C10H13FN2O. The molecule has 0 radical (unpaired) electrons. The Bertz CT molecular complexity index is 310. The molecule has 0 aromatic heterocycles. The molecule has 1 aromatic rings. The minimum absolute atomic E-state index is 0.203. The van der Waals surface area contributed by atoms with Crippen molar-refractivity contribution in [1.82, 2.24) is 5.43 Å². The van der Waals surface area contributed by atoms with Gasteiger partial charge in [0.15, 0.2) is 0 Å². The fourth-order valence-corrected chi connectivity index (χ4v) is 1.21. The van der Waals surface area contributed by atoms with Crippen molar-refractivity contribution in [2.45, 2.75) is 13.3 Å². The summed E-state index contributed by atoms with van der Waals surface area (Å²) in [7, 11) is 0. The first-order chi connectivity index (χ1) is 6.63. The first-order valence-corrected chi connectivity index (χ1v) is 4.38. The third-order valence-corrected chi connectivity index (χ3v) is 2.04. The van der Waals surface area contributed by atoms with Gasteiger partial charge in [0.2, 0.25) is 5.91 Å². The zero-order valence-corrected chi connectivity index (χ0v) is 7.96. The van der Waals surface area contributed by atoms with Crippen LogP contribution in [0.2, 0.25) is 0 Å². The molecule has 0 bridgehead atoms. The molecule has 0 heterocycles. The van der Waals surface area contributed by atoms with Gasteiger partial charge in [-0.3, -0.25) is 10.2 Å². The summed E-state index contributed by atoms with van der Waals surface area (Å²) in [5.41, 5.74) is 3.00. The first kappa shape index (κ1) is 10.7. The molecule has 0 aliphatic heterocycles. The second-order valence-electron chi connectivity index (χ2n) is 3.24. The molecule has 14 heavy (non-hydrogen) atoms. The maximum absolute atomic E-state index is 12.5. The minimum Gasteiger partial charge on any atom is -0.294 e. The smallest absolute Gasteiger partial charge is 0.237 e. The Morgan fingerprint density at radius 2 is 2.07 bits per heavy atom. The minimum atomic E-state index is -0.273. The predicted molar refractivity (Wildman–Crippen MR) is 51.6 cm³/mol. The summed E-state index contributed by atoms with van der Waals surface area (Å²) in [4.78, 5) is 11.1. The second kappa shape index (κ2) is 4.72. The molecule has 0 aliphatic rings. The Kier molecular flexibility index (Phi) is 3.59. The van der Waals surface area contributed by atoms with Gasteiger partial charge in [0.1, 0.15) is 5.82 Å². The molecule has 0 saturated heterocycles. The lowest BCUT2D eigenvalue weighted by molar-refractivity contribution is -0.124. The molecule has 3 N–H and O–H groups in total. The van der Waals surface area contributed by atoms with Crippen molar-refractivity contribution in [3.05, 3.63) is 35.6 Å². The lowest BCUT2D eigenvalue weighted by atomic mass is 10.0. The van der Waals surface area contributed by atoms with E-state index in [2.05, 4.69) is 5.43 Å². The highest BCUT2D eigenvalue weighted by Gasteiger charge is 2.11. The van der Waals surface area contributed by atoms with Crippen LogP contribution in [0.5, 0.6) is 0 Å². The zero-order valence-electron chi connectivity index (χ0n) is 7.96. The van der Waals surface area contributed by atoms with Crippen LogP contribution in [0.25, 0.3) is 0 Å². The zero-order chi connectivity index (χ0) is 10.6. The molecule has 4 heteroatoms. The van der Waals surface area contributed by atoms with Crippen LogP contribution < -0.4 is 11.3 Å². The van der Waals surface area contributed by atoms with Crippen molar-refractivity contribution in [1.29, 1.82) is 0 Å². The molecule has 76 valence electrons. The average molecular weight is 196 g/mol. The van der Waals surface area contributed by atoms with Crippen LogP contribution in [0.3, 0.4) is 0 Å². The van der Waals surface area contributed by atoms with E-state index in [-0.39, 0.29) is 17.6 Å². The van der Waals surface area contributed by atoms with E-state index in [1.165, 1.54) is 12.1 Å². The fourth-order valence-electron chi connectivity index (χ4n) is 1.21. The number of nitrogens with two attached hydrogens (primary N) is 1. The number of nitrogens with one attached hydrogen (secondary N) is 1. The highest BCUT2D eigenvalue weighted by atomic mass is 19.1. The second-order valence-corrected chi connectivity index (χ2v) is 3.24. The van der Waals surface area contributed by atoms with Gasteiger partial charge in [0, 0.05) is 5.92 Å².